The molecule has 136 valence electrons. The Morgan fingerprint density at radius 3 is 2.84 bits per heavy atom. The van der Waals surface area contributed by atoms with Crippen molar-refractivity contribution in [1.29, 1.82) is 0 Å². The quantitative estimate of drug-likeness (QED) is 0.571. The number of carbonyl (C=O) groups excluding carboxylic acids is 1. The number of hydrogen-bond donors (Lipinski definition) is 3. The highest BCUT2D eigenvalue weighted by Gasteiger charge is 2.22. The molecule has 3 N–H and O–H groups in total. The summed E-state index contributed by atoms with van der Waals surface area (Å²) < 4.78 is 0. The molecule has 2 atom stereocenters. The second-order valence-electron chi connectivity index (χ2n) is 7.17. The van der Waals surface area contributed by atoms with Crippen LogP contribution in [0.5, 0.6) is 0 Å². The zero-order valence-electron chi connectivity index (χ0n) is 14.9. The van der Waals surface area contributed by atoms with E-state index in [4.69, 9.17) is 12.2 Å². The molecule has 3 rings (SSSR count). The Labute approximate surface area is 155 Å². The van der Waals surface area contributed by atoms with Crippen molar-refractivity contribution in [2.45, 2.75) is 51.5 Å². The van der Waals surface area contributed by atoms with Crippen LogP contribution in [0.25, 0.3) is 0 Å². The van der Waals surface area contributed by atoms with Gasteiger partial charge in [0.1, 0.15) is 0 Å². The molecule has 0 spiro atoms. The maximum atomic E-state index is 12.3. The highest BCUT2D eigenvalue weighted by Crippen LogP contribution is 2.26. The number of thiocarbonyl (C=S) groups is 1. The average Bonchev–Trinajstić information content (AvgIpc) is 2.62. The third-order valence-electron chi connectivity index (χ3n) is 5.28. The summed E-state index contributed by atoms with van der Waals surface area (Å²) in [7, 11) is 0. The fraction of sp³-hybridized carbons (Fsp3) is 0.579. The molecule has 1 aromatic carbocycles. The molecule has 0 aromatic heterocycles. The predicted octanol–water partition coefficient (Wildman–Crippen LogP) is 2.51. The fourth-order valence-electron chi connectivity index (χ4n) is 3.85. The second-order valence-corrected chi connectivity index (χ2v) is 7.58. The van der Waals surface area contributed by atoms with Gasteiger partial charge in [0.25, 0.3) is 5.91 Å². The van der Waals surface area contributed by atoms with Crippen molar-refractivity contribution < 1.29 is 4.79 Å². The van der Waals surface area contributed by atoms with Gasteiger partial charge in [-0.2, -0.15) is 0 Å². The van der Waals surface area contributed by atoms with E-state index in [1.807, 2.05) is 6.07 Å². The Bertz CT molecular complexity index is 621. The molecule has 1 aromatic rings. The first-order chi connectivity index (χ1) is 12.1. The van der Waals surface area contributed by atoms with E-state index in [2.05, 4.69) is 46.2 Å². The van der Waals surface area contributed by atoms with Gasteiger partial charge in [-0.15, -0.1) is 0 Å². The normalized spacial score (nSPS) is 22.7. The molecule has 0 bridgehead atoms. The predicted molar refractivity (Wildman–Crippen MR) is 105 cm³/mol. The first kappa shape index (κ1) is 18.0. The van der Waals surface area contributed by atoms with E-state index in [1.54, 1.807) is 0 Å². The number of hydrogen-bond acceptors (Lipinski definition) is 3. The molecule has 0 saturated heterocycles. The van der Waals surface area contributed by atoms with Crippen LogP contribution in [-0.4, -0.2) is 30.2 Å². The van der Waals surface area contributed by atoms with Gasteiger partial charge in [0.2, 0.25) is 0 Å². The summed E-state index contributed by atoms with van der Waals surface area (Å²) in [5.41, 5.74) is 8.07. The number of amides is 1. The number of nitrogens with one attached hydrogen (secondary N) is 3. The molecule has 1 aliphatic heterocycles. The lowest BCUT2D eigenvalue weighted by Crippen LogP contribution is -2.53. The third kappa shape index (κ3) is 4.84. The van der Waals surface area contributed by atoms with Crippen LogP contribution in [0.2, 0.25) is 0 Å². The van der Waals surface area contributed by atoms with Crippen LogP contribution in [0.15, 0.2) is 24.3 Å². The Balaban J connectivity index is 1.45. The maximum absolute atomic E-state index is 12.3. The highest BCUT2D eigenvalue weighted by atomic mass is 32.1. The smallest absolute Gasteiger partial charge is 0.257 e. The SMILES string of the molecule is C[C@H]1CCCC[C@H]1NC(=S)NNC(=O)CN1CCCc2ccccc21. The van der Waals surface area contributed by atoms with Crippen LogP contribution in [0.4, 0.5) is 5.69 Å². The minimum atomic E-state index is -0.0717. The van der Waals surface area contributed by atoms with Gasteiger partial charge in [-0.25, -0.2) is 0 Å². The van der Waals surface area contributed by atoms with Crippen molar-refractivity contribution in [2.24, 2.45) is 5.92 Å². The van der Waals surface area contributed by atoms with Crippen molar-refractivity contribution in [3.8, 4) is 0 Å². The standard InChI is InChI=1S/C19H28N4OS/c1-14-7-2-4-10-16(14)20-19(25)22-21-18(24)13-23-12-6-9-15-8-3-5-11-17(15)23/h3,5,8,11,14,16H,2,4,6-7,9-10,12-13H2,1H3,(H,21,24)(H2,20,22,25)/t14-,16+/m0/s1. The van der Waals surface area contributed by atoms with Gasteiger partial charge < -0.3 is 10.2 Å². The first-order valence-corrected chi connectivity index (χ1v) is 9.72. The minimum Gasteiger partial charge on any atom is -0.362 e. The average molecular weight is 361 g/mol. The van der Waals surface area contributed by atoms with Gasteiger partial charge >= 0.3 is 0 Å². The molecular weight excluding hydrogens is 332 g/mol. The molecule has 2 aliphatic rings. The van der Waals surface area contributed by atoms with Crippen LogP contribution in [0, 0.1) is 5.92 Å². The van der Waals surface area contributed by atoms with E-state index >= 15 is 0 Å². The third-order valence-corrected chi connectivity index (χ3v) is 5.50. The molecule has 0 unspecified atom stereocenters. The fourth-order valence-corrected chi connectivity index (χ4v) is 4.05. The number of aryl methyl sites for hydroxylation is 1. The minimum absolute atomic E-state index is 0.0717. The Morgan fingerprint density at radius 2 is 2.00 bits per heavy atom. The summed E-state index contributed by atoms with van der Waals surface area (Å²) >= 11 is 5.32. The van der Waals surface area contributed by atoms with Gasteiger partial charge in [0, 0.05) is 18.3 Å². The Morgan fingerprint density at radius 1 is 1.20 bits per heavy atom. The largest absolute Gasteiger partial charge is 0.362 e. The number of nitrogens with zero attached hydrogens (tertiary/aromatic N) is 1. The molecule has 1 amide bonds. The molecule has 1 heterocycles. The van der Waals surface area contributed by atoms with Gasteiger partial charge in [-0.1, -0.05) is 38.0 Å². The summed E-state index contributed by atoms with van der Waals surface area (Å²) in [6.45, 7) is 3.50. The lowest BCUT2D eigenvalue weighted by molar-refractivity contribution is -0.120. The van der Waals surface area contributed by atoms with Crippen molar-refractivity contribution in [1.82, 2.24) is 16.2 Å². The van der Waals surface area contributed by atoms with Gasteiger partial charge in [-0.3, -0.25) is 15.6 Å². The number of benzene rings is 1. The summed E-state index contributed by atoms with van der Waals surface area (Å²) in [6.07, 6.45) is 7.08. The number of hydrazine groups is 1. The maximum Gasteiger partial charge on any atom is 0.257 e. The number of rotatable bonds is 3. The monoisotopic (exact) mass is 360 g/mol. The highest BCUT2D eigenvalue weighted by molar-refractivity contribution is 7.80. The Kier molecular flexibility index (Phi) is 6.13. The van der Waals surface area contributed by atoms with Crippen molar-refractivity contribution in [3.63, 3.8) is 0 Å². The molecule has 1 saturated carbocycles. The molecule has 0 radical (unpaired) electrons. The summed E-state index contributed by atoms with van der Waals surface area (Å²) in [4.78, 5) is 14.4. The van der Waals surface area contributed by atoms with Crippen LogP contribution >= 0.6 is 12.2 Å². The number of carbonyl (C=O) groups is 1. The lowest BCUT2D eigenvalue weighted by atomic mass is 9.86. The van der Waals surface area contributed by atoms with E-state index in [0.29, 0.717) is 23.6 Å². The molecule has 5 nitrogen and oxygen atoms in total. The lowest BCUT2D eigenvalue weighted by Gasteiger charge is -2.31. The first-order valence-electron chi connectivity index (χ1n) is 9.31. The van der Waals surface area contributed by atoms with Gasteiger partial charge in [0.15, 0.2) is 5.11 Å². The van der Waals surface area contributed by atoms with Crippen LogP contribution in [0.3, 0.4) is 0 Å². The number of fused-ring (bicyclic) bond motifs is 1. The van der Waals surface area contributed by atoms with Gasteiger partial charge in [-0.05, 0) is 55.4 Å². The second kappa shape index (κ2) is 8.52. The zero-order valence-corrected chi connectivity index (χ0v) is 15.7. The van der Waals surface area contributed by atoms with E-state index in [0.717, 1.165) is 25.8 Å². The summed E-state index contributed by atoms with van der Waals surface area (Å²) in [6, 6.07) is 8.71. The summed E-state index contributed by atoms with van der Waals surface area (Å²) in [5.74, 6) is 0.548. The van der Waals surface area contributed by atoms with Crippen LogP contribution in [0.1, 0.15) is 44.6 Å². The molecule has 1 aliphatic carbocycles. The van der Waals surface area contributed by atoms with Crippen LogP contribution in [-0.2, 0) is 11.2 Å². The van der Waals surface area contributed by atoms with E-state index < -0.39 is 0 Å². The summed E-state index contributed by atoms with van der Waals surface area (Å²) in [5, 5.41) is 3.84. The van der Waals surface area contributed by atoms with Crippen LogP contribution < -0.4 is 21.1 Å². The van der Waals surface area contributed by atoms with E-state index in [-0.39, 0.29) is 5.91 Å². The topological polar surface area (TPSA) is 56.4 Å². The van der Waals surface area contributed by atoms with Crippen molar-refractivity contribution >= 4 is 28.9 Å². The number of para-hydroxylation sites is 1. The van der Waals surface area contributed by atoms with Gasteiger partial charge in [0.05, 0.1) is 6.54 Å². The molecular formula is C19H28N4OS. The zero-order chi connectivity index (χ0) is 17.6. The van der Waals surface area contributed by atoms with Crippen molar-refractivity contribution in [2.75, 3.05) is 18.0 Å². The van der Waals surface area contributed by atoms with Crippen molar-refractivity contribution in [3.05, 3.63) is 29.8 Å². The Hall–Kier alpha value is -1.82. The number of anilines is 1. The van der Waals surface area contributed by atoms with E-state index in [9.17, 15) is 4.79 Å². The molecule has 25 heavy (non-hydrogen) atoms. The molecule has 6 heteroatoms. The van der Waals surface area contributed by atoms with E-state index in [1.165, 1.54) is 30.5 Å². The molecule has 1 fully saturated rings.